The predicted octanol–water partition coefficient (Wildman–Crippen LogP) is 7.44. The van der Waals surface area contributed by atoms with Gasteiger partial charge in [0, 0.05) is 25.5 Å². The van der Waals surface area contributed by atoms with Gasteiger partial charge >= 0.3 is 5.97 Å². The van der Waals surface area contributed by atoms with Gasteiger partial charge in [-0.2, -0.15) is 0 Å². The zero-order chi connectivity index (χ0) is 33.1. The van der Waals surface area contributed by atoms with Gasteiger partial charge in [-0.05, 0) is 88.3 Å². The van der Waals surface area contributed by atoms with Crippen molar-refractivity contribution in [1.82, 2.24) is 5.06 Å². The molecule has 1 amide bonds. The van der Waals surface area contributed by atoms with Crippen LogP contribution in [0.3, 0.4) is 0 Å². The van der Waals surface area contributed by atoms with E-state index in [1.807, 2.05) is 24.3 Å². The van der Waals surface area contributed by atoms with Gasteiger partial charge in [0.25, 0.3) is 0 Å². The van der Waals surface area contributed by atoms with Crippen LogP contribution in [0.1, 0.15) is 58.9 Å². The van der Waals surface area contributed by atoms with Gasteiger partial charge in [0.2, 0.25) is 5.91 Å². The maximum atomic E-state index is 13.4. The number of cyclic esters (lactones) is 1. The molecular formula is C35H52BrNO7Si. The lowest BCUT2D eigenvalue weighted by Gasteiger charge is -2.43. The van der Waals surface area contributed by atoms with E-state index in [0.717, 1.165) is 24.2 Å². The fourth-order valence-corrected chi connectivity index (χ4v) is 8.60. The van der Waals surface area contributed by atoms with Gasteiger partial charge in [0.15, 0.2) is 8.32 Å². The minimum absolute atomic E-state index is 0.00570. The van der Waals surface area contributed by atoms with E-state index < -0.39 is 20.4 Å². The highest BCUT2D eigenvalue weighted by molar-refractivity contribution is 9.12. The third kappa shape index (κ3) is 8.69. The first-order valence-corrected chi connectivity index (χ1v) is 19.8. The molecule has 1 aliphatic heterocycles. The largest absolute Gasteiger partial charge is 0.497 e. The molecule has 0 bridgehead atoms. The van der Waals surface area contributed by atoms with Gasteiger partial charge in [-0.3, -0.25) is 9.63 Å². The predicted molar refractivity (Wildman–Crippen MR) is 181 cm³/mol. The fraction of sp³-hybridized carbons (Fsp3) is 0.657. The Labute approximate surface area is 279 Å². The second kappa shape index (κ2) is 14.8. The topological polar surface area (TPSA) is 83.5 Å². The summed E-state index contributed by atoms with van der Waals surface area (Å²) in [4.78, 5) is 31.4. The lowest BCUT2D eigenvalue weighted by Crippen LogP contribution is -2.46. The van der Waals surface area contributed by atoms with E-state index in [1.54, 1.807) is 14.2 Å². The normalized spacial score (nSPS) is 31.7. The summed E-state index contributed by atoms with van der Waals surface area (Å²) in [5.74, 6) is 1.33. The van der Waals surface area contributed by atoms with E-state index in [0.29, 0.717) is 29.3 Å². The smallest absolute Gasteiger partial charge is 0.345 e. The molecule has 0 radical (unpaired) electrons. The highest BCUT2D eigenvalue weighted by Gasteiger charge is 2.49. The number of hydroxylamine groups is 2. The molecule has 1 heterocycles. The van der Waals surface area contributed by atoms with Crippen molar-refractivity contribution in [2.75, 3.05) is 21.3 Å². The number of hydrogen-bond acceptors (Lipinski definition) is 7. The third-order valence-electron chi connectivity index (χ3n) is 10.4. The average molecular weight is 707 g/mol. The summed E-state index contributed by atoms with van der Waals surface area (Å²) >= 11 is 3.56. The summed E-state index contributed by atoms with van der Waals surface area (Å²) in [6.07, 6.45) is 8.26. The van der Waals surface area contributed by atoms with Crippen LogP contribution in [-0.2, 0) is 34.9 Å². The lowest BCUT2D eigenvalue weighted by molar-refractivity contribution is -0.172. The standard InChI is InChI=1S/C35H52BrNO7Si/c1-22-16-30-28(33(22)42-21-23-10-13-25(40-6)14-11-23)15-12-24-17-27(44-45(8,9)35(2,3)4)18-26(19-32(38)37(5)41-7)43-34(39)31(36)20-29(24)30/h10-15,20,22,24,26-30,33H,16-19,21H2,1-9H3/b31-20+/t22-,24+,26-,27+,28-,29-,30-,33-/m1/s1. The third-order valence-corrected chi connectivity index (χ3v) is 15.5. The van der Waals surface area contributed by atoms with Crippen molar-refractivity contribution in [2.45, 2.75) is 96.4 Å². The number of allylic oxidation sites excluding steroid dienone is 2. The molecule has 0 saturated heterocycles. The van der Waals surface area contributed by atoms with Gasteiger partial charge in [-0.25, -0.2) is 9.86 Å². The molecule has 4 rings (SSSR count). The van der Waals surface area contributed by atoms with Crippen molar-refractivity contribution < 1.29 is 33.1 Å². The first-order chi connectivity index (χ1) is 21.1. The van der Waals surface area contributed by atoms with Crippen LogP contribution in [-0.4, -0.2) is 64.8 Å². The number of halogens is 1. The van der Waals surface area contributed by atoms with Gasteiger partial charge < -0.3 is 18.6 Å². The van der Waals surface area contributed by atoms with Crippen LogP contribution in [0.25, 0.3) is 0 Å². The van der Waals surface area contributed by atoms with Gasteiger partial charge in [0.1, 0.15) is 11.9 Å². The number of ether oxygens (including phenoxy) is 3. The van der Waals surface area contributed by atoms with Crippen molar-refractivity contribution in [2.24, 2.45) is 29.6 Å². The number of rotatable bonds is 9. The molecule has 3 aliphatic rings. The molecule has 0 unspecified atom stereocenters. The molecule has 2 aliphatic carbocycles. The Morgan fingerprint density at radius 2 is 1.76 bits per heavy atom. The quantitative estimate of drug-likeness (QED) is 0.114. The minimum Gasteiger partial charge on any atom is -0.497 e. The van der Waals surface area contributed by atoms with Crippen LogP contribution in [0.4, 0.5) is 0 Å². The molecular weight excluding hydrogens is 654 g/mol. The maximum absolute atomic E-state index is 13.4. The van der Waals surface area contributed by atoms with Crippen LogP contribution in [0.2, 0.25) is 18.1 Å². The van der Waals surface area contributed by atoms with Crippen LogP contribution in [0, 0.1) is 29.6 Å². The molecule has 1 aromatic carbocycles. The molecule has 1 fully saturated rings. The van der Waals surface area contributed by atoms with Crippen molar-refractivity contribution in [3.8, 4) is 5.75 Å². The summed E-state index contributed by atoms with van der Waals surface area (Å²) < 4.78 is 25.3. The summed E-state index contributed by atoms with van der Waals surface area (Å²) in [6, 6.07) is 8.02. The summed E-state index contributed by atoms with van der Waals surface area (Å²) in [6.45, 7) is 14.0. The van der Waals surface area contributed by atoms with E-state index in [4.69, 9.17) is 23.5 Å². The van der Waals surface area contributed by atoms with Crippen LogP contribution >= 0.6 is 15.9 Å². The second-order valence-corrected chi connectivity index (χ2v) is 20.1. The van der Waals surface area contributed by atoms with Gasteiger partial charge in [-0.1, -0.05) is 58.1 Å². The number of carbonyl (C=O) groups is 2. The van der Waals surface area contributed by atoms with Gasteiger partial charge in [-0.15, -0.1) is 0 Å². The first-order valence-electron chi connectivity index (χ1n) is 16.1. The Bertz CT molecular complexity index is 1240. The Morgan fingerprint density at radius 3 is 2.38 bits per heavy atom. The van der Waals surface area contributed by atoms with Crippen molar-refractivity contribution in [3.05, 3.63) is 52.5 Å². The first kappa shape index (κ1) is 35.9. The Morgan fingerprint density at radius 1 is 1.07 bits per heavy atom. The van der Waals surface area contributed by atoms with Crippen molar-refractivity contribution in [3.63, 3.8) is 0 Å². The monoisotopic (exact) mass is 705 g/mol. The second-order valence-electron chi connectivity index (χ2n) is 14.5. The minimum atomic E-state index is -2.18. The van der Waals surface area contributed by atoms with Crippen LogP contribution in [0.5, 0.6) is 5.75 Å². The summed E-state index contributed by atoms with van der Waals surface area (Å²) in [7, 11) is 2.50. The van der Waals surface area contributed by atoms with Gasteiger partial charge in [0.05, 0.1) is 37.8 Å². The number of methoxy groups -OCH3 is 1. The van der Waals surface area contributed by atoms with Crippen LogP contribution < -0.4 is 4.74 Å². The molecule has 8 nitrogen and oxygen atoms in total. The highest BCUT2D eigenvalue weighted by atomic mass is 79.9. The number of carbonyl (C=O) groups excluding carboxylic acids is 2. The SMILES string of the molecule is COc1ccc(CO[C@H]2[C@@H]3C=C[C@H]4C[C@H](O[Si](C)(C)C(C)(C)C)C[C@H](CC(=O)N(C)OC)OC(=O)/C(Br)=C\[C@H]4[C@@H]3C[C@H]2C)cc1. The number of hydrogen-bond donors (Lipinski definition) is 0. The molecule has 10 heteroatoms. The Balaban J connectivity index is 1.61. The molecule has 0 N–H and O–H groups in total. The van der Waals surface area contributed by atoms with E-state index in [9.17, 15) is 9.59 Å². The number of esters is 1. The fourth-order valence-electron chi connectivity index (χ4n) is 6.82. The van der Waals surface area contributed by atoms with E-state index >= 15 is 0 Å². The summed E-state index contributed by atoms with van der Waals surface area (Å²) in [5.41, 5.74) is 1.11. The highest BCUT2D eigenvalue weighted by Crippen LogP contribution is 2.51. The van der Waals surface area contributed by atoms with Crippen molar-refractivity contribution in [1.29, 1.82) is 0 Å². The molecule has 8 atom stereocenters. The zero-order valence-corrected chi connectivity index (χ0v) is 31.0. The molecule has 0 spiro atoms. The van der Waals surface area contributed by atoms with E-state index in [2.05, 4.69) is 74.9 Å². The van der Waals surface area contributed by atoms with Crippen LogP contribution in [0.15, 0.2) is 47.0 Å². The summed E-state index contributed by atoms with van der Waals surface area (Å²) in [5, 5.41) is 1.18. The maximum Gasteiger partial charge on any atom is 0.345 e. The average Bonchev–Trinajstić information content (AvgIpc) is 3.30. The molecule has 1 aromatic rings. The number of amides is 1. The zero-order valence-electron chi connectivity index (χ0n) is 28.4. The molecule has 250 valence electrons. The molecule has 1 saturated carbocycles. The van der Waals surface area contributed by atoms with Crippen molar-refractivity contribution >= 4 is 36.1 Å². The Kier molecular flexibility index (Phi) is 11.8. The molecule has 0 aromatic heterocycles. The van der Waals surface area contributed by atoms with E-state index in [1.165, 1.54) is 12.2 Å². The lowest BCUT2D eigenvalue weighted by atomic mass is 9.69. The Hall–Kier alpha value is -1.98. The number of fused-ring (bicyclic) bond motifs is 3. The molecule has 45 heavy (non-hydrogen) atoms. The number of benzene rings is 1. The van der Waals surface area contributed by atoms with E-state index in [-0.39, 0.29) is 47.3 Å². The number of nitrogens with zero attached hydrogens (tertiary/aromatic N) is 1.